The Bertz CT molecular complexity index is 561. The lowest BCUT2D eigenvalue weighted by Gasteiger charge is -2.24. The molecule has 1 N–H and O–H groups in total. The molecular formula is C15H26ClN3O2S. The molecule has 7 heteroatoms. The molecule has 1 heterocycles. The van der Waals surface area contributed by atoms with Crippen molar-refractivity contribution in [3.63, 3.8) is 0 Å². The zero-order chi connectivity index (χ0) is 15.5. The molecule has 0 spiro atoms. The SMILES string of the molecule is CNCC1CCCN1Cc1ccc(S(=O)(=O)N(C)C)cc1.Cl. The van der Waals surface area contributed by atoms with Crippen LogP contribution in [0.15, 0.2) is 29.2 Å². The van der Waals surface area contributed by atoms with Gasteiger partial charge in [0.1, 0.15) is 0 Å². The molecule has 1 aromatic carbocycles. The van der Waals surface area contributed by atoms with Gasteiger partial charge in [-0.05, 0) is 44.1 Å². The van der Waals surface area contributed by atoms with Crippen LogP contribution in [0.2, 0.25) is 0 Å². The third-order valence-electron chi connectivity index (χ3n) is 4.03. The van der Waals surface area contributed by atoms with Gasteiger partial charge in [-0.2, -0.15) is 0 Å². The van der Waals surface area contributed by atoms with Gasteiger partial charge in [-0.25, -0.2) is 12.7 Å². The van der Waals surface area contributed by atoms with Crippen molar-refractivity contribution in [3.8, 4) is 0 Å². The van der Waals surface area contributed by atoms with Crippen LogP contribution in [0.1, 0.15) is 18.4 Å². The van der Waals surface area contributed by atoms with E-state index in [0.717, 1.165) is 25.2 Å². The summed E-state index contributed by atoms with van der Waals surface area (Å²) in [5.74, 6) is 0. The van der Waals surface area contributed by atoms with E-state index in [1.807, 2.05) is 19.2 Å². The minimum atomic E-state index is -3.33. The number of hydrogen-bond donors (Lipinski definition) is 1. The highest BCUT2D eigenvalue weighted by Gasteiger charge is 2.24. The van der Waals surface area contributed by atoms with Crippen molar-refractivity contribution in [1.82, 2.24) is 14.5 Å². The summed E-state index contributed by atoms with van der Waals surface area (Å²) in [6.45, 7) is 3.01. The zero-order valence-electron chi connectivity index (χ0n) is 13.4. The van der Waals surface area contributed by atoms with Crippen LogP contribution in [0.3, 0.4) is 0 Å². The highest BCUT2D eigenvalue weighted by Crippen LogP contribution is 2.21. The van der Waals surface area contributed by atoms with E-state index >= 15 is 0 Å². The number of nitrogens with zero attached hydrogens (tertiary/aromatic N) is 2. The van der Waals surface area contributed by atoms with Crippen LogP contribution in [0.4, 0.5) is 0 Å². The fraction of sp³-hybridized carbons (Fsp3) is 0.600. The number of halogens is 1. The molecule has 1 aromatic rings. The summed E-state index contributed by atoms with van der Waals surface area (Å²) in [5.41, 5.74) is 1.16. The number of likely N-dealkylation sites (tertiary alicyclic amines) is 1. The topological polar surface area (TPSA) is 52.7 Å². The Balaban J connectivity index is 0.00000242. The molecule has 1 saturated heterocycles. The molecule has 1 fully saturated rings. The van der Waals surface area contributed by atoms with Crippen molar-refractivity contribution < 1.29 is 8.42 Å². The van der Waals surface area contributed by atoms with E-state index in [9.17, 15) is 8.42 Å². The van der Waals surface area contributed by atoms with Crippen molar-refractivity contribution in [3.05, 3.63) is 29.8 Å². The predicted molar refractivity (Wildman–Crippen MR) is 91.9 cm³/mol. The van der Waals surface area contributed by atoms with E-state index < -0.39 is 10.0 Å². The monoisotopic (exact) mass is 347 g/mol. The highest BCUT2D eigenvalue weighted by molar-refractivity contribution is 7.89. The predicted octanol–water partition coefficient (Wildman–Crippen LogP) is 1.54. The second-order valence-electron chi connectivity index (χ2n) is 5.76. The largest absolute Gasteiger partial charge is 0.318 e. The average Bonchev–Trinajstić information content (AvgIpc) is 2.87. The molecule has 1 unspecified atom stereocenters. The van der Waals surface area contributed by atoms with Crippen molar-refractivity contribution in [2.75, 3.05) is 34.2 Å². The standard InChI is InChI=1S/C15H25N3O2S.ClH/c1-16-11-14-5-4-10-18(14)12-13-6-8-15(9-7-13)21(19,20)17(2)3;/h6-9,14,16H,4-5,10-12H2,1-3H3;1H. The number of benzene rings is 1. The molecule has 1 atom stereocenters. The van der Waals surface area contributed by atoms with Crippen LogP contribution < -0.4 is 5.32 Å². The minimum Gasteiger partial charge on any atom is -0.318 e. The van der Waals surface area contributed by atoms with Gasteiger partial charge in [-0.1, -0.05) is 12.1 Å². The van der Waals surface area contributed by atoms with Gasteiger partial charge < -0.3 is 5.32 Å². The second-order valence-corrected chi connectivity index (χ2v) is 7.91. The number of rotatable bonds is 6. The fourth-order valence-corrected chi connectivity index (χ4v) is 3.68. The molecule has 0 bridgehead atoms. The summed E-state index contributed by atoms with van der Waals surface area (Å²) in [6, 6.07) is 7.83. The molecule has 0 aliphatic carbocycles. The zero-order valence-corrected chi connectivity index (χ0v) is 15.1. The molecule has 5 nitrogen and oxygen atoms in total. The molecular weight excluding hydrogens is 322 g/mol. The van der Waals surface area contributed by atoms with E-state index in [0.29, 0.717) is 10.9 Å². The van der Waals surface area contributed by atoms with E-state index in [1.165, 1.54) is 17.1 Å². The Labute approximate surface area is 140 Å². The van der Waals surface area contributed by atoms with Gasteiger partial charge in [0.2, 0.25) is 10.0 Å². The summed E-state index contributed by atoms with van der Waals surface area (Å²) in [7, 11) is 1.76. The Morgan fingerprint density at radius 2 is 1.91 bits per heavy atom. The van der Waals surface area contributed by atoms with Gasteiger partial charge in [0.05, 0.1) is 4.90 Å². The molecule has 0 aromatic heterocycles. The van der Waals surface area contributed by atoms with E-state index in [1.54, 1.807) is 26.2 Å². The molecule has 0 amide bonds. The molecule has 126 valence electrons. The van der Waals surface area contributed by atoms with Gasteiger partial charge >= 0.3 is 0 Å². The first kappa shape index (κ1) is 19.4. The summed E-state index contributed by atoms with van der Waals surface area (Å²) in [5, 5.41) is 3.24. The number of nitrogens with one attached hydrogen (secondary N) is 1. The first-order chi connectivity index (χ1) is 9.95. The van der Waals surface area contributed by atoms with Gasteiger partial charge in [0, 0.05) is 33.2 Å². The summed E-state index contributed by atoms with van der Waals surface area (Å²) in [6.07, 6.45) is 2.47. The maximum absolute atomic E-state index is 12.0. The fourth-order valence-electron chi connectivity index (χ4n) is 2.78. The third-order valence-corrected chi connectivity index (χ3v) is 5.86. The van der Waals surface area contributed by atoms with E-state index in [4.69, 9.17) is 0 Å². The summed E-state index contributed by atoms with van der Waals surface area (Å²) in [4.78, 5) is 2.82. The summed E-state index contributed by atoms with van der Waals surface area (Å²) < 4.78 is 25.3. The van der Waals surface area contributed by atoms with Crippen LogP contribution in [-0.2, 0) is 16.6 Å². The van der Waals surface area contributed by atoms with Crippen molar-refractivity contribution in [2.45, 2.75) is 30.3 Å². The molecule has 0 saturated carbocycles. The van der Waals surface area contributed by atoms with Crippen LogP contribution in [0.5, 0.6) is 0 Å². The van der Waals surface area contributed by atoms with Crippen LogP contribution in [-0.4, -0.2) is 57.9 Å². The quantitative estimate of drug-likeness (QED) is 0.848. The van der Waals surface area contributed by atoms with Gasteiger partial charge in [0.25, 0.3) is 0 Å². The third kappa shape index (κ3) is 4.43. The van der Waals surface area contributed by atoms with Crippen LogP contribution >= 0.6 is 12.4 Å². The Kier molecular flexibility index (Phi) is 7.28. The first-order valence-electron chi connectivity index (χ1n) is 7.35. The highest BCUT2D eigenvalue weighted by atomic mass is 35.5. The Hall–Kier alpha value is -0.660. The number of hydrogen-bond acceptors (Lipinski definition) is 4. The lowest BCUT2D eigenvalue weighted by atomic mass is 10.2. The van der Waals surface area contributed by atoms with E-state index in [-0.39, 0.29) is 12.4 Å². The van der Waals surface area contributed by atoms with Gasteiger partial charge in [0.15, 0.2) is 0 Å². The van der Waals surface area contributed by atoms with Crippen molar-refractivity contribution in [1.29, 1.82) is 0 Å². The second kappa shape index (κ2) is 8.26. The van der Waals surface area contributed by atoms with Gasteiger partial charge in [-0.3, -0.25) is 4.90 Å². The number of likely N-dealkylation sites (N-methyl/N-ethyl adjacent to an activating group) is 1. The lowest BCUT2D eigenvalue weighted by molar-refractivity contribution is 0.242. The molecule has 0 radical (unpaired) electrons. The van der Waals surface area contributed by atoms with E-state index in [2.05, 4.69) is 10.2 Å². The Morgan fingerprint density at radius 1 is 1.27 bits per heavy atom. The van der Waals surface area contributed by atoms with Gasteiger partial charge in [-0.15, -0.1) is 12.4 Å². The maximum atomic E-state index is 12.0. The average molecular weight is 348 g/mol. The smallest absolute Gasteiger partial charge is 0.242 e. The van der Waals surface area contributed by atoms with Crippen LogP contribution in [0, 0.1) is 0 Å². The van der Waals surface area contributed by atoms with Crippen molar-refractivity contribution in [2.24, 2.45) is 0 Å². The number of sulfonamides is 1. The normalized spacial score (nSPS) is 19.4. The Morgan fingerprint density at radius 3 is 2.45 bits per heavy atom. The molecule has 2 rings (SSSR count). The lowest BCUT2D eigenvalue weighted by Crippen LogP contribution is -2.36. The van der Waals surface area contributed by atoms with Crippen molar-refractivity contribution >= 4 is 22.4 Å². The molecule has 1 aliphatic rings. The first-order valence-corrected chi connectivity index (χ1v) is 8.79. The van der Waals surface area contributed by atoms with Crippen LogP contribution in [0.25, 0.3) is 0 Å². The summed E-state index contributed by atoms with van der Waals surface area (Å²) >= 11 is 0. The minimum absolute atomic E-state index is 0. The maximum Gasteiger partial charge on any atom is 0.242 e. The molecule has 22 heavy (non-hydrogen) atoms. The molecule has 1 aliphatic heterocycles.